The molecule has 0 bridgehead atoms. The minimum Gasteiger partial charge on any atom is -0.508 e. The molecule has 0 radical (unpaired) electrons. The van der Waals surface area contributed by atoms with E-state index in [2.05, 4.69) is 26.0 Å². The third kappa shape index (κ3) is 3.92. The van der Waals surface area contributed by atoms with Gasteiger partial charge in [0, 0.05) is 18.2 Å². The molecule has 1 unspecified atom stereocenters. The van der Waals surface area contributed by atoms with Gasteiger partial charge in [0.25, 0.3) is 5.91 Å². The fraction of sp³-hybridized carbons (Fsp3) is 0.273. The van der Waals surface area contributed by atoms with Crippen molar-refractivity contribution in [3.8, 4) is 11.5 Å². The minimum atomic E-state index is -0.655. The van der Waals surface area contributed by atoms with Gasteiger partial charge in [-0.1, -0.05) is 15.9 Å². The topological polar surface area (TPSA) is 95.9 Å². The molecular weight excluding hydrogens is 306 g/mol. The second-order valence-corrected chi connectivity index (χ2v) is 4.54. The molecule has 0 saturated heterocycles. The fourth-order valence-corrected chi connectivity index (χ4v) is 1.57. The monoisotopic (exact) mass is 317 g/mol. The Balaban J connectivity index is 2.63. The van der Waals surface area contributed by atoms with Crippen LogP contribution in [0, 0.1) is 0 Å². The number of methoxy groups -OCH3 is 1. The number of halogens is 1. The molecule has 0 fully saturated rings. The Hall–Kier alpha value is -1.76. The highest BCUT2D eigenvalue weighted by Gasteiger charge is 2.17. The highest BCUT2D eigenvalue weighted by molar-refractivity contribution is 9.10. The highest BCUT2D eigenvalue weighted by atomic mass is 79.9. The molecule has 0 aromatic heterocycles. The van der Waals surface area contributed by atoms with Crippen LogP contribution in [0.2, 0.25) is 0 Å². The molecule has 1 aromatic rings. The largest absolute Gasteiger partial charge is 0.508 e. The van der Waals surface area contributed by atoms with Gasteiger partial charge >= 0.3 is 5.97 Å². The number of aromatic hydroxyl groups is 2. The summed E-state index contributed by atoms with van der Waals surface area (Å²) in [4.78, 5) is 22.1. The average Bonchev–Trinajstić information content (AvgIpc) is 2.33. The number of nitrogens with one attached hydrogen (secondary N) is 1. The Morgan fingerprint density at radius 1 is 1.33 bits per heavy atom. The molecule has 1 rings (SSSR count). The van der Waals surface area contributed by atoms with Gasteiger partial charge in [-0.15, -0.1) is 0 Å². The predicted octanol–water partition coefficient (Wildman–Crippen LogP) is 0.764. The van der Waals surface area contributed by atoms with E-state index in [4.69, 9.17) is 0 Å². The average molecular weight is 318 g/mol. The van der Waals surface area contributed by atoms with Gasteiger partial charge in [0.2, 0.25) is 0 Å². The number of alkyl halides is 1. The first-order chi connectivity index (χ1) is 8.43. The Morgan fingerprint density at radius 2 is 1.89 bits per heavy atom. The van der Waals surface area contributed by atoms with E-state index in [9.17, 15) is 19.8 Å². The molecule has 7 heteroatoms. The number of benzene rings is 1. The number of carbonyl (C=O) groups is 2. The number of hydrogen-bond acceptors (Lipinski definition) is 5. The lowest BCUT2D eigenvalue weighted by Crippen LogP contribution is -2.33. The van der Waals surface area contributed by atoms with Crippen LogP contribution >= 0.6 is 15.9 Å². The van der Waals surface area contributed by atoms with E-state index in [1.807, 2.05) is 0 Å². The van der Waals surface area contributed by atoms with Crippen LogP contribution in [0.1, 0.15) is 10.4 Å². The van der Waals surface area contributed by atoms with Gasteiger partial charge < -0.3 is 20.3 Å². The normalized spacial score (nSPS) is 11.7. The standard InChI is InChI=1S/C11H12BrNO5/c1-18-11(17)9(12)5-13-10(16)6-2-7(14)4-8(15)3-6/h2-4,9,14-15H,5H2,1H3,(H,13,16). The molecule has 18 heavy (non-hydrogen) atoms. The Kier molecular flexibility index (Phi) is 4.96. The summed E-state index contributed by atoms with van der Waals surface area (Å²) in [7, 11) is 1.24. The maximum absolute atomic E-state index is 11.7. The van der Waals surface area contributed by atoms with E-state index in [0.717, 1.165) is 6.07 Å². The molecule has 0 heterocycles. The quantitative estimate of drug-likeness (QED) is 0.563. The van der Waals surface area contributed by atoms with Crippen molar-refractivity contribution in [1.29, 1.82) is 0 Å². The molecule has 3 N–H and O–H groups in total. The number of hydrogen-bond donors (Lipinski definition) is 3. The molecule has 98 valence electrons. The van der Waals surface area contributed by atoms with Crippen LogP contribution in [-0.2, 0) is 9.53 Å². The number of phenolic OH excluding ortho intramolecular Hbond substituents is 2. The maximum atomic E-state index is 11.7. The van der Waals surface area contributed by atoms with Crippen LogP contribution in [0.4, 0.5) is 0 Å². The van der Waals surface area contributed by atoms with Crippen LogP contribution < -0.4 is 5.32 Å². The lowest BCUT2D eigenvalue weighted by Gasteiger charge is -2.09. The van der Waals surface area contributed by atoms with Crippen molar-refractivity contribution in [1.82, 2.24) is 5.32 Å². The lowest BCUT2D eigenvalue weighted by atomic mass is 10.2. The van der Waals surface area contributed by atoms with Crippen molar-refractivity contribution < 1.29 is 24.5 Å². The van der Waals surface area contributed by atoms with Crippen molar-refractivity contribution in [2.45, 2.75) is 4.83 Å². The Labute approximate surface area is 112 Å². The van der Waals surface area contributed by atoms with Gasteiger partial charge in [0.15, 0.2) is 0 Å². The summed E-state index contributed by atoms with van der Waals surface area (Å²) in [6.45, 7) is 0.0297. The fourth-order valence-electron chi connectivity index (χ4n) is 1.22. The van der Waals surface area contributed by atoms with E-state index in [1.165, 1.54) is 19.2 Å². The van der Waals surface area contributed by atoms with Gasteiger partial charge in [-0.05, 0) is 12.1 Å². The Morgan fingerprint density at radius 3 is 2.39 bits per heavy atom. The second-order valence-electron chi connectivity index (χ2n) is 3.44. The van der Waals surface area contributed by atoms with Crippen molar-refractivity contribution in [2.24, 2.45) is 0 Å². The lowest BCUT2D eigenvalue weighted by molar-refractivity contribution is -0.139. The first-order valence-corrected chi connectivity index (χ1v) is 5.88. The van der Waals surface area contributed by atoms with Gasteiger partial charge in [0.1, 0.15) is 16.3 Å². The first-order valence-electron chi connectivity index (χ1n) is 4.97. The molecule has 1 amide bonds. The molecule has 0 aliphatic heterocycles. The molecule has 0 aliphatic carbocycles. The van der Waals surface area contributed by atoms with Crippen LogP contribution in [0.25, 0.3) is 0 Å². The first kappa shape index (κ1) is 14.3. The molecule has 6 nitrogen and oxygen atoms in total. The molecular formula is C11H12BrNO5. The zero-order valence-corrected chi connectivity index (χ0v) is 11.1. The summed E-state index contributed by atoms with van der Waals surface area (Å²) >= 11 is 3.05. The SMILES string of the molecule is COC(=O)C(Br)CNC(=O)c1cc(O)cc(O)c1. The molecule has 0 spiro atoms. The summed E-state index contributed by atoms with van der Waals surface area (Å²) in [6.07, 6.45) is 0. The Bertz CT molecular complexity index is 442. The predicted molar refractivity (Wildman–Crippen MR) is 66.8 cm³/mol. The van der Waals surface area contributed by atoms with Gasteiger partial charge in [-0.25, -0.2) is 0 Å². The van der Waals surface area contributed by atoms with E-state index >= 15 is 0 Å². The molecule has 1 aromatic carbocycles. The third-order valence-corrected chi connectivity index (χ3v) is 2.76. The van der Waals surface area contributed by atoms with Crippen molar-refractivity contribution in [3.63, 3.8) is 0 Å². The zero-order valence-electron chi connectivity index (χ0n) is 9.51. The number of carbonyl (C=O) groups excluding carboxylic acids is 2. The summed E-state index contributed by atoms with van der Waals surface area (Å²) in [6, 6.07) is 3.52. The molecule has 0 saturated carbocycles. The second kappa shape index (κ2) is 6.25. The molecule has 1 atom stereocenters. The van der Waals surface area contributed by atoms with Gasteiger partial charge in [-0.2, -0.15) is 0 Å². The van der Waals surface area contributed by atoms with Crippen LogP contribution in [0.3, 0.4) is 0 Å². The third-order valence-electron chi connectivity index (χ3n) is 2.06. The number of rotatable bonds is 4. The van der Waals surface area contributed by atoms with E-state index < -0.39 is 16.7 Å². The van der Waals surface area contributed by atoms with Crippen LogP contribution in [0.5, 0.6) is 11.5 Å². The summed E-state index contributed by atoms with van der Waals surface area (Å²) in [5.41, 5.74) is 0.0945. The summed E-state index contributed by atoms with van der Waals surface area (Å²) in [5, 5.41) is 20.9. The van der Waals surface area contributed by atoms with Gasteiger partial charge in [0.05, 0.1) is 7.11 Å². The van der Waals surface area contributed by atoms with Crippen molar-refractivity contribution >= 4 is 27.8 Å². The molecule has 0 aliphatic rings. The maximum Gasteiger partial charge on any atom is 0.321 e. The van der Waals surface area contributed by atoms with E-state index in [0.29, 0.717) is 0 Å². The smallest absolute Gasteiger partial charge is 0.321 e. The van der Waals surface area contributed by atoms with E-state index in [1.54, 1.807) is 0 Å². The summed E-state index contributed by atoms with van der Waals surface area (Å²) in [5.74, 6) is -1.46. The van der Waals surface area contributed by atoms with Gasteiger partial charge in [-0.3, -0.25) is 9.59 Å². The van der Waals surface area contributed by atoms with E-state index in [-0.39, 0.29) is 23.6 Å². The van der Waals surface area contributed by atoms with Crippen LogP contribution in [-0.4, -0.2) is 40.6 Å². The number of phenols is 2. The number of esters is 1. The van der Waals surface area contributed by atoms with Crippen LogP contribution in [0.15, 0.2) is 18.2 Å². The number of ether oxygens (including phenoxy) is 1. The number of amides is 1. The zero-order chi connectivity index (χ0) is 13.7. The minimum absolute atomic E-state index is 0.0297. The highest BCUT2D eigenvalue weighted by Crippen LogP contribution is 2.20. The van der Waals surface area contributed by atoms with Crippen molar-refractivity contribution in [3.05, 3.63) is 23.8 Å². The van der Waals surface area contributed by atoms with Crippen molar-refractivity contribution in [2.75, 3.05) is 13.7 Å². The summed E-state index contributed by atoms with van der Waals surface area (Å²) < 4.78 is 4.47.